The average Bonchev–Trinajstić information content (AvgIpc) is 2.32. The van der Waals surface area contributed by atoms with E-state index in [9.17, 15) is 0 Å². The van der Waals surface area contributed by atoms with E-state index in [1.165, 1.54) is 0 Å². The van der Waals surface area contributed by atoms with Gasteiger partial charge in [-0.05, 0) is 30.7 Å². The van der Waals surface area contributed by atoms with Gasteiger partial charge in [-0.3, -0.25) is 0 Å². The average molecular weight is 210 g/mol. The van der Waals surface area contributed by atoms with Gasteiger partial charge >= 0.3 is 0 Å². The van der Waals surface area contributed by atoms with Gasteiger partial charge in [-0.1, -0.05) is 12.1 Å². The molecule has 0 bridgehead atoms. The summed E-state index contributed by atoms with van der Waals surface area (Å²) in [7, 11) is 0. The Balaban J connectivity index is 2.21. The topological polar surface area (TPSA) is 61.6 Å². The van der Waals surface area contributed by atoms with E-state index in [1.54, 1.807) is 24.4 Å². The Morgan fingerprint density at radius 3 is 2.75 bits per heavy atom. The van der Waals surface area contributed by atoms with Crippen molar-refractivity contribution in [1.82, 2.24) is 9.97 Å². The molecule has 0 aliphatic carbocycles. The van der Waals surface area contributed by atoms with Crippen molar-refractivity contribution >= 4 is 11.6 Å². The molecule has 0 aliphatic rings. The second kappa shape index (κ2) is 4.41. The molecule has 2 aromatic heterocycles. The maximum absolute atomic E-state index is 8.71. The fourth-order valence-electron chi connectivity index (χ4n) is 1.24. The first-order valence-corrected chi connectivity index (χ1v) is 4.85. The number of aryl methyl sites for hydroxylation is 1. The van der Waals surface area contributed by atoms with Crippen LogP contribution in [0.5, 0.6) is 0 Å². The third-order valence-electron chi connectivity index (χ3n) is 2.03. The van der Waals surface area contributed by atoms with Gasteiger partial charge in [0.2, 0.25) is 0 Å². The van der Waals surface area contributed by atoms with Gasteiger partial charge in [0, 0.05) is 6.20 Å². The molecular weight excluding hydrogens is 200 g/mol. The number of nitrogens with zero attached hydrogens (tertiary/aromatic N) is 3. The number of hydrogen-bond acceptors (Lipinski definition) is 4. The van der Waals surface area contributed by atoms with Crippen LogP contribution in [0.25, 0.3) is 0 Å². The van der Waals surface area contributed by atoms with E-state index in [-0.39, 0.29) is 0 Å². The number of rotatable bonds is 2. The van der Waals surface area contributed by atoms with Crippen molar-refractivity contribution < 1.29 is 0 Å². The van der Waals surface area contributed by atoms with Gasteiger partial charge in [-0.25, -0.2) is 9.97 Å². The molecule has 0 saturated carbocycles. The summed E-state index contributed by atoms with van der Waals surface area (Å²) in [5, 5.41) is 11.7. The van der Waals surface area contributed by atoms with Crippen molar-refractivity contribution in [3.8, 4) is 6.07 Å². The van der Waals surface area contributed by atoms with Crippen molar-refractivity contribution in [1.29, 1.82) is 5.26 Å². The third kappa shape index (κ3) is 2.34. The largest absolute Gasteiger partial charge is 0.325 e. The maximum Gasteiger partial charge on any atom is 0.142 e. The highest BCUT2D eigenvalue weighted by Crippen LogP contribution is 2.12. The SMILES string of the molecule is Cc1ccc(Nc2cccc(C#N)n2)nc1. The fourth-order valence-corrected chi connectivity index (χ4v) is 1.24. The Bertz CT molecular complexity index is 525. The molecule has 0 saturated heterocycles. The highest BCUT2D eigenvalue weighted by molar-refractivity contribution is 5.52. The molecule has 2 aromatic rings. The Morgan fingerprint density at radius 1 is 1.19 bits per heavy atom. The van der Waals surface area contributed by atoms with Crippen LogP contribution in [0.4, 0.5) is 11.6 Å². The molecule has 4 nitrogen and oxygen atoms in total. The molecule has 0 fully saturated rings. The summed E-state index contributed by atoms with van der Waals surface area (Å²) in [5.74, 6) is 1.34. The van der Waals surface area contributed by atoms with Crippen molar-refractivity contribution in [2.75, 3.05) is 5.32 Å². The molecule has 2 heterocycles. The van der Waals surface area contributed by atoms with E-state index >= 15 is 0 Å². The fraction of sp³-hybridized carbons (Fsp3) is 0.0833. The minimum Gasteiger partial charge on any atom is -0.325 e. The zero-order valence-electron chi connectivity index (χ0n) is 8.81. The van der Waals surface area contributed by atoms with Gasteiger partial charge in [-0.15, -0.1) is 0 Å². The second-order valence-corrected chi connectivity index (χ2v) is 3.37. The van der Waals surface area contributed by atoms with Gasteiger partial charge in [0.1, 0.15) is 23.4 Å². The summed E-state index contributed by atoms with van der Waals surface area (Å²) >= 11 is 0. The van der Waals surface area contributed by atoms with Gasteiger partial charge in [0.25, 0.3) is 0 Å². The lowest BCUT2D eigenvalue weighted by Gasteiger charge is -2.04. The number of anilines is 2. The molecule has 0 radical (unpaired) electrons. The Kier molecular flexibility index (Phi) is 2.79. The summed E-state index contributed by atoms with van der Waals surface area (Å²) in [6.07, 6.45) is 1.77. The lowest BCUT2D eigenvalue weighted by Crippen LogP contribution is -1.96. The van der Waals surface area contributed by atoms with Crippen LogP contribution in [0, 0.1) is 18.3 Å². The maximum atomic E-state index is 8.71. The molecular formula is C12H10N4. The van der Waals surface area contributed by atoms with Crippen molar-refractivity contribution in [2.45, 2.75) is 6.92 Å². The summed E-state index contributed by atoms with van der Waals surface area (Å²) in [4.78, 5) is 8.29. The Morgan fingerprint density at radius 2 is 2.06 bits per heavy atom. The van der Waals surface area contributed by atoms with E-state index < -0.39 is 0 Å². The number of nitrogens with one attached hydrogen (secondary N) is 1. The van der Waals surface area contributed by atoms with Crippen LogP contribution >= 0.6 is 0 Å². The summed E-state index contributed by atoms with van der Waals surface area (Å²) in [6, 6.07) is 11.1. The molecule has 0 aliphatic heterocycles. The first-order valence-electron chi connectivity index (χ1n) is 4.85. The summed E-state index contributed by atoms with van der Waals surface area (Å²) < 4.78 is 0. The van der Waals surface area contributed by atoms with Gasteiger partial charge < -0.3 is 5.32 Å². The lowest BCUT2D eigenvalue weighted by atomic mass is 10.3. The molecule has 2 rings (SSSR count). The van der Waals surface area contributed by atoms with Crippen LogP contribution in [0.1, 0.15) is 11.3 Å². The van der Waals surface area contributed by atoms with Gasteiger partial charge in [-0.2, -0.15) is 5.26 Å². The minimum absolute atomic E-state index is 0.386. The van der Waals surface area contributed by atoms with Crippen molar-refractivity contribution in [3.05, 3.63) is 47.8 Å². The van der Waals surface area contributed by atoms with Crippen LogP contribution in [0.2, 0.25) is 0 Å². The van der Waals surface area contributed by atoms with E-state index in [1.807, 2.05) is 25.1 Å². The summed E-state index contributed by atoms with van der Waals surface area (Å²) in [6.45, 7) is 1.98. The lowest BCUT2D eigenvalue weighted by molar-refractivity contribution is 1.21. The molecule has 0 unspecified atom stereocenters. The quantitative estimate of drug-likeness (QED) is 0.826. The number of hydrogen-bond donors (Lipinski definition) is 1. The standard InChI is InChI=1S/C12H10N4/c1-9-5-6-11(14-8-9)16-12-4-2-3-10(7-13)15-12/h2-6,8H,1H3,(H,14,15,16). The predicted octanol–water partition coefficient (Wildman–Crippen LogP) is 2.40. The van der Waals surface area contributed by atoms with Crippen LogP contribution in [-0.2, 0) is 0 Å². The molecule has 0 aromatic carbocycles. The Hall–Kier alpha value is -2.41. The van der Waals surface area contributed by atoms with Gasteiger partial charge in [0.15, 0.2) is 0 Å². The van der Waals surface area contributed by atoms with E-state index in [0.29, 0.717) is 17.3 Å². The third-order valence-corrected chi connectivity index (χ3v) is 2.03. The molecule has 0 amide bonds. The first-order chi connectivity index (χ1) is 7.78. The molecule has 4 heteroatoms. The van der Waals surface area contributed by atoms with Crippen LogP contribution in [0.3, 0.4) is 0 Å². The monoisotopic (exact) mass is 210 g/mol. The smallest absolute Gasteiger partial charge is 0.142 e. The predicted molar refractivity (Wildman–Crippen MR) is 61.2 cm³/mol. The zero-order chi connectivity index (χ0) is 11.4. The Labute approximate surface area is 93.6 Å². The van der Waals surface area contributed by atoms with Crippen LogP contribution < -0.4 is 5.32 Å². The number of pyridine rings is 2. The van der Waals surface area contributed by atoms with Crippen molar-refractivity contribution in [2.24, 2.45) is 0 Å². The molecule has 0 atom stereocenters. The zero-order valence-corrected chi connectivity index (χ0v) is 8.81. The minimum atomic E-state index is 0.386. The number of aromatic nitrogens is 2. The van der Waals surface area contributed by atoms with Crippen LogP contribution in [-0.4, -0.2) is 9.97 Å². The highest BCUT2D eigenvalue weighted by Gasteiger charge is 1.98. The highest BCUT2D eigenvalue weighted by atomic mass is 15.0. The molecule has 0 spiro atoms. The second-order valence-electron chi connectivity index (χ2n) is 3.37. The molecule has 78 valence electrons. The van der Waals surface area contributed by atoms with E-state index in [4.69, 9.17) is 5.26 Å². The normalized spacial score (nSPS) is 9.50. The van der Waals surface area contributed by atoms with Gasteiger partial charge in [0.05, 0.1) is 0 Å². The van der Waals surface area contributed by atoms with Crippen molar-refractivity contribution in [3.63, 3.8) is 0 Å². The molecule has 16 heavy (non-hydrogen) atoms. The van der Waals surface area contributed by atoms with E-state index in [2.05, 4.69) is 15.3 Å². The first kappa shape index (κ1) is 10.1. The summed E-state index contributed by atoms with van der Waals surface area (Å²) in [5.41, 5.74) is 1.49. The van der Waals surface area contributed by atoms with E-state index in [0.717, 1.165) is 5.56 Å². The molecule has 1 N–H and O–H groups in total. The van der Waals surface area contributed by atoms with Crippen LogP contribution in [0.15, 0.2) is 36.5 Å². The number of nitriles is 1.